The van der Waals surface area contributed by atoms with Crippen LogP contribution >= 0.6 is 11.3 Å². The summed E-state index contributed by atoms with van der Waals surface area (Å²) in [7, 11) is 0. The molecule has 5 aliphatic rings. The van der Waals surface area contributed by atoms with Gasteiger partial charge in [-0.05, 0) is 86.9 Å². The number of ketones is 1. The van der Waals surface area contributed by atoms with Gasteiger partial charge in [0.1, 0.15) is 0 Å². The zero-order chi connectivity index (χ0) is 42.9. The van der Waals surface area contributed by atoms with Gasteiger partial charge in [0, 0.05) is 63.4 Å². The van der Waals surface area contributed by atoms with Crippen molar-refractivity contribution in [2.45, 2.75) is 33.1 Å². The molecule has 5 aromatic rings. The van der Waals surface area contributed by atoms with Crippen LogP contribution in [0, 0.1) is 17.2 Å². The van der Waals surface area contributed by atoms with Gasteiger partial charge in [0.15, 0.2) is 5.78 Å². The Balaban J connectivity index is 0.000000158. The maximum Gasteiger partial charge on any atom is 0.275 e. The van der Waals surface area contributed by atoms with Crippen molar-refractivity contribution in [1.82, 2.24) is 15.8 Å². The fraction of sp³-hybridized carbons (Fsp3) is 0.125. The molecule has 1 aliphatic carbocycles. The number of hydrazone groups is 2. The number of benzene rings is 4. The van der Waals surface area contributed by atoms with E-state index in [4.69, 9.17) is 0 Å². The SMILES string of the molecule is CC1=NNC(=O)/C1=C1/C=C(C(=O)c2ccc(NC(=O)C3CC3)cc2)c2ccccc2N1.CC1=NNC(=O)/C1=C1/C=C(c2cnc(Cc3ccccc3C#N)s2)c2ccccc2N1. The van der Waals surface area contributed by atoms with Crippen LogP contribution in [0.5, 0.6) is 0 Å². The van der Waals surface area contributed by atoms with Gasteiger partial charge in [-0.2, -0.15) is 15.5 Å². The zero-order valence-electron chi connectivity index (χ0n) is 33.5. The molecule has 304 valence electrons. The average molecular weight is 836 g/mol. The van der Waals surface area contributed by atoms with Crippen LogP contribution in [-0.4, -0.2) is 39.9 Å². The molecular weight excluding hydrogens is 799 g/mol. The van der Waals surface area contributed by atoms with Crippen LogP contribution in [0.15, 0.2) is 148 Å². The van der Waals surface area contributed by atoms with E-state index < -0.39 is 0 Å². The van der Waals surface area contributed by atoms with E-state index in [0.29, 0.717) is 57.1 Å². The van der Waals surface area contributed by atoms with E-state index in [0.717, 1.165) is 62.1 Å². The summed E-state index contributed by atoms with van der Waals surface area (Å²) in [6.45, 7) is 3.56. The quantitative estimate of drug-likeness (QED) is 0.0814. The highest BCUT2D eigenvalue weighted by Gasteiger charge is 2.31. The summed E-state index contributed by atoms with van der Waals surface area (Å²) < 4.78 is 0. The van der Waals surface area contributed by atoms with Crippen LogP contribution in [0.4, 0.5) is 17.1 Å². The Morgan fingerprint density at radius 1 is 0.774 bits per heavy atom. The fourth-order valence-corrected chi connectivity index (χ4v) is 8.46. The van der Waals surface area contributed by atoms with Gasteiger partial charge in [0.2, 0.25) is 5.91 Å². The zero-order valence-corrected chi connectivity index (χ0v) is 34.3. The maximum absolute atomic E-state index is 13.4. The third-order valence-electron chi connectivity index (χ3n) is 10.8. The first-order valence-corrected chi connectivity index (χ1v) is 20.7. The fourth-order valence-electron chi connectivity index (χ4n) is 7.49. The Kier molecular flexibility index (Phi) is 10.5. The van der Waals surface area contributed by atoms with Crippen molar-refractivity contribution in [2.24, 2.45) is 16.1 Å². The lowest BCUT2D eigenvalue weighted by molar-refractivity contribution is -0.117. The number of hydrogen-bond acceptors (Lipinski definition) is 11. The van der Waals surface area contributed by atoms with Crippen LogP contribution in [0.2, 0.25) is 0 Å². The van der Waals surface area contributed by atoms with Gasteiger partial charge in [-0.15, -0.1) is 11.3 Å². The summed E-state index contributed by atoms with van der Waals surface area (Å²) in [4.78, 5) is 55.5. The average Bonchev–Trinajstić information content (AvgIpc) is 3.83. The van der Waals surface area contributed by atoms with Gasteiger partial charge in [0.25, 0.3) is 11.8 Å². The van der Waals surface area contributed by atoms with Gasteiger partial charge in [0.05, 0.1) is 55.5 Å². The molecule has 62 heavy (non-hydrogen) atoms. The Labute approximate surface area is 360 Å². The highest BCUT2D eigenvalue weighted by molar-refractivity contribution is 7.12. The van der Waals surface area contributed by atoms with Crippen LogP contribution in [0.1, 0.15) is 69.2 Å². The number of fused-ring (bicyclic) bond motifs is 2. The van der Waals surface area contributed by atoms with E-state index in [1.807, 2.05) is 85.9 Å². The molecule has 0 saturated heterocycles. The monoisotopic (exact) mass is 835 g/mol. The number of hydrogen-bond donors (Lipinski definition) is 5. The standard InChI is InChI=1S/C24H17N5OS.C24H20N4O3/c1-14-23(24(30)29-28-14)20-11-18(17-8-4-5-9-19(17)27-20)21-13-26-22(31-21)10-15-6-2-3-7-16(15)12-25;1-13-21(24(31)28-27-13)20-12-18(17-4-2-3-5-19(17)26-20)22(29)14-8-10-16(11-9-14)25-23(30)15-6-7-15/h2-9,11,13,27H,10H2,1H3,(H,29,30);2-5,8-12,15,26H,6-7H2,1H3,(H,25,30)(H,28,31)/b23-20-;21-20-. The second kappa shape index (κ2) is 16.6. The van der Waals surface area contributed by atoms with E-state index in [1.54, 1.807) is 48.6 Å². The van der Waals surface area contributed by atoms with Crippen molar-refractivity contribution >= 4 is 74.5 Å². The molecule has 0 atom stereocenters. The highest BCUT2D eigenvalue weighted by atomic mass is 32.1. The molecule has 4 aromatic carbocycles. The predicted octanol–water partition coefficient (Wildman–Crippen LogP) is 7.71. The second-order valence-electron chi connectivity index (χ2n) is 15.0. The number of amides is 3. The molecule has 0 bridgehead atoms. The minimum atomic E-state index is -0.307. The molecule has 1 saturated carbocycles. The molecule has 0 unspecified atom stereocenters. The molecule has 5 heterocycles. The predicted molar refractivity (Wildman–Crippen MR) is 240 cm³/mol. The molecule has 10 rings (SSSR count). The number of nitrogens with zero attached hydrogens (tertiary/aromatic N) is 4. The summed E-state index contributed by atoms with van der Waals surface area (Å²) in [6, 6.07) is 32.2. The van der Waals surface area contributed by atoms with Crippen LogP contribution in [0.25, 0.3) is 11.1 Å². The number of rotatable bonds is 7. The minimum absolute atomic E-state index is 0.0252. The first-order chi connectivity index (χ1) is 30.1. The number of para-hydroxylation sites is 2. The first kappa shape index (κ1) is 39.4. The largest absolute Gasteiger partial charge is 0.354 e. The number of thiazole rings is 1. The van der Waals surface area contributed by atoms with Gasteiger partial charge < -0.3 is 16.0 Å². The lowest BCUT2D eigenvalue weighted by Crippen LogP contribution is -2.20. The number of carbonyl (C=O) groups is 4. The van der Waals surface area contributed by atoms with E-state index >= 15 is 0 Å². The number of Topliss-reactive ketones (excluding diaryl/α,β-unsaturated/α-hetero) is 1. The number of nitriles is 1. The van der Waals surface area contributed by atoms with E-state index in [9.17, 15) is 24.4 Å². The summed E-state index contributed by atoms with van der Waals surface area (Å²) in [6.07, 6.45) is 8.02. The molecular formula is C48H37N9O4S. The van der Waals surface area contributed by atoms with Crippen LogP contribution in [-0.2, 0) is 20.8 Å². The molecule has 14 heteroatoms. The van der Waals surface area contributed by atoms with E-state index in [1.165, 1.54) is 0 Å². The number of aromatic nitrogens is 1. The molecule has 4 aliphatic heterocycles. The Morgan fingerprint density at radius 3 is 2.00 bits per heavy atom. The number of carbonyl (C=O) groups excluding carboxylic acids is 4. The van der Waals surface area contributed by atoms with Crippen molar-refractivity contribution in [1.29, 1.82) is 5.26 Å². The molecule has 3 amide bonds. The molecule has 1 aromatic heterocycles. The van der Waals surface area contributed by atoms with Crippen LogP contribution in [0.3, 0.4) is 0 Å². The first-order valence-electron chi connectivity index (χ1n) is 19.9. The highest BCUT2D eigenvalue weighted by Crippen LogP contribution is 2.39. The van der Waals surface area contributed by atoms with Gasteiger partial charge >= 0.3 is 0 Å². The van der Waals surface area contributed by atoms with Crippen molar-refractivity contribution in [3.8, 4) is 6.07 Å². The lowest BCUT2D eigenvalue weighted by atomic mass is 9.90. The number of nitrogens with one attached hydrogen (secondary N) is 5. The Hall–Kier alpha value is -8.02. The van der Waals surface area contributed by atoms with Crippen molar-refractivity contribution in [3.63, 3.8) is 0 Å². The second-order valence-corrected chi connectivity index (χ2v) is 16.2. The minimum Gasteiger partial charge on any atom is -0.354 e. The topological polar surface area (TPSA) is 190 Å². The lowest BCUT2D eigenvalue weighted by Gasteiger charge is -2.22. The summed E-state index contributed by atoms with van der Waals surface area (Å²) in [5.74, 6) is -0.549. The van der Waals surface area contributed by atoms with E-state index in [-0.39, 0.29) is 29.4 Å². The molecule has 13 nitrogen and oxygen atoms in total. The number of allylic oxidation sites excluding steroid dienone is 3. The smallest absolute Gasteiger partial charge is 0.275 e. The molecule has 5 N–H and O–H groups in total. The van der Waals surface area contributed by atoms with Gasteiger partial charge in [-0.1, -0.05) is 54.6 Å². The van der Waals surface area contributed by atoms with Crippen molar-refractivity contribution < 1.29 is 19.2 Å². The molecule has 0 spiro atoms. The number of anilines is 3. The van der Waals surface area contributed by atoms with Crippen LogP contribution < -0.4 is 26.8 Å². The maximum atomic E-state index is 13.4. The molecule has 0 radical (unpaired) electrons. The Bertz CT molecular complexity index is 2980. The van der Waals surface area contributed by atoms with E-state index in [2.05, 4.69) is 54.1 Å². The van der Waals surface area contributed by atoms with Crippen molar-refractivity contribution in [2.75, 3.05) is 16.0 Å². The molecule has 1 fully saturated rings. The third-order valence-corrected chi connectivity index (χ3v) is 11.9. The Morgan fingerprint density at radius 2 is 1.37 bits per heavy atom. The van der Waals surface area contributed by atoms with Gasteiger partial charge in [-0.3, -0.25) is 19.2 Å². The van der Waals surface area contributed by atoms with Gasteiger partial charge in [-0.25, -0.2) is 15.8 Å². The normalized spacial score (nSPS) is 18.4. The summed E-state index contributed by atoms with van der Waals surface area (Å²) in [5, 5.41) is 27.8. The third kappa shape index (κ3) is 7.87. The summed E-state index contributed by atoms with van der Waals surface area (Å²) in [5.41, 5.74) is 16.2. The van der Waals surface area contributed by atoms with Crippen molar-refractivity contribution in [3.05, 3.63) is 176 Å². The summed E-state index contributed by atoms with van der Waals surface area (Å²) >= 11 is 1.59.